The van der Waals surface area contributed by atoms with Crippen LogP contribution >= 0.6 is 0 Å². The molecule has 2 N–H and O–H groups in total. The van der Waals surface area contributed by atoms with Crippen LogP contribution in [0.2, 0.25) is 0 Å². The first kappa shape index (κ1) is 12.4. The van der Waals surface area contributed by atoms with Crippen molar-refractivity contribution < 1.29 is 14.6 Å². The predicted molar refractivity (Wildman–Crippen MR) is 50.4 cm³/mol. The van der Waals surface area contributed by atoms with Crippen molar-refractivity contribution in [2.24, 2.45) is 0 Å². The van der Waals surface area contributed by atoms with Gasteiger partial charge in [-0.3, -0.25) is 4.79 Å². The molecule has 1 amide bonds. The number of hydrogen-bond acceptors (Lipinski definition) is 3. The molecule has 0 aromatic rings. The molecule has 0 saturated heterocycles. The van der Waals surface area contributed by atoms with Crippen LogP contribution in [-0.4, -0.2) is 36.9 Å². The molecule has 13 heavy (non-hydrogen) atoms. The van der Waals surface area contributed by atoms with Gasteiger partial charge in [-0.1, -0.05) is 6.92 Å². The number of rotatable bonds is 6. The Morgan fingerprint density at radius 1 is 1.62 bits per heavy atom. The van der Waals surface area contributed by atoms with Gasteiger partial charge in [0.05, 0.1) is 12.2 Å². The van der Waals surface area contributed by atoms with Crippen LogP contribution in [0.25, 0.3) is 0 Å². The second-order valence-corrected chi connectivity index (χ2v) is 3.37. The molecule has 1 atom stereocenters. The lowest BCUT2D eigenvalue weighted by atomic mass is 10.0. The van der Waals surface area contributed by atoms with E-state index in [2.05, 4.69) is 5.32 Å². The van der Waals surface area contributed by atoms with Gasteiger partial charge in [0.1, 0.15) is 0 Å². The van der Waals surface area contributed by atoms with Crippen LogP contribution in [0.5, 0.6) is 0 Å². The van der Waals surface area contributed by atoms with Crippen molar-refractivity contribution >= 4 is 5.91 Å². The van der Waals surface area contributed by atoms with E-state index >= 15 is 0 Å². The van der Waals surface area contributed by atoms with Crippen LogP contribution in [0.3, 0.4) is 0 Å². The Labute approximate surface area is 79.3 Å². The topological polar surface area (TPSA) is 58.6 Å². The van der Waals surface area contributed by atoms with E-state index in [0.29, 0.717) is 26.0 Å². The Hall–Kier alpha value is -0.610. The van der Waals surface area contributed by atoms with Crippen molar-refractivity contribution in [1.29, 1.82) is 0 Å². The van der Waals surface area contributed by atoms with Crippen LogP contribution in [0.15, 0.2) is 0 Å². The SMILES string of the molecule is CCC(C)(O)CNC(=O)CCOC. The van der Waals surface area contributed by atoms with Crippen LogP contribution < -0.4 is 5.32 Å². The standard InChI is InChI=1S/C9H19NO3/c1-4-9(2,12)7-10-8(11)5-6-13-3/h12H,4-7H2,1-3H3,(H,10,11). The molecule has 4 heteroatoms. The second kappa shape index (κ2) is 5.94. The lowest BCUT2D eigenvalue weighted by molar-refractivity contribution is -0.123. The molecule has 0 aliphatic carbocycles. The van der Waals surface area contributed by atoms with Gasteiger partial charge in [-0.25, -0.2) is 0 Å². The number of ether oxygens (including phenoxy) is 1. The summed E-state index contributed by atoms with van der Waals surface area (Å²) in [4.78, 5) is 11.1. The fourth-order valence-electron chi connectivity index (χ4n) is 0.697. The molecule has 78 valence electrons. The first-order valence-corrected chi connectivity index (χ1v) is 4.50. The Morgan fingerprint density at radius 2 is 2.23 bits per heavy atom. The lowest BCUT2D eigenvalue weighted by Crippen LogP contribution is -2.40. The fourth-order valence-corrected chi connectivity index (χ4v) is 0.697. The predicted octanol–water partition coefficient (Wildman–Crippen LogP) is 0.300. The smallest absolute Gasteiger partial charge is 0.222 e. The summed E-state index contributed by atoms with van der Waals surface area (Å²) >= 11 is 0. The third-order valence-corrected chi connectivity index (χ3v) is 1.96. The zero-order valence-corrected chi connectivity index (χ0v) is 8.59. The molecular weight excluding hydrogens is 170 g/mol. The summed E-state index contributed by atoms with van der Waals surface area (Å²) in [5, 5.41) is 12.2. The fraction of sp³-hybridized carbons (Fsp3) is 0.889. The van der Waals surface area contributed by atoms with Crippen molar-refractivity contribution in [3.63, 3.8) is 0 Å². The molecule has 0 aromatic heterocycles. The average Bonchev–Trinajstić information content (AvgIpc) is 2.11. The van der Waals surface area contributed by atoms with Crippen molar-refractivity contribution in [1.82, 2.24) is 5.32 Å². The molecule has 0 radical (unpaired) electrons. The molecule has 0 spiro atoms. The maximum atomic E-state index is 11.1. The van der Waals surface area contributed by atoms with Gasteiger partial charge in [-0.05, 0) is 13.3 Å². The van der Waals surface area contributed by atoms with Gasteiger partial charge in [-0.2, -0.15) is 0 Å². The largest absolute Gasteiger partial charge is 0.388 e. The first-order valence-electron chi connectivity index (χ1n) is 4.50. The number of nitrogens with one attached hydrogen (secondary N) is 1. The van der Waals surface area contributed by atoms with Crippen molar-refractivity contribution in [3.05, 3.63) is 0 Å². The minimum atomic E-state index is -0.803. The van der Waals surface area contributed by atoms with E-state index in [9.17, 15) is 9.90 Å². The average molecular weight is 189 g/mol. The quantitative estimate of drug-likeness (QED) is 0.632. The number of carbonyl (C=O) groups is 1. The Balaban J connectivity index is 3.57. The van der Waals surface area contributed by atoms with Crippen LogP contribution in [-0.2, 0) is 9.53 Å². The van der Waals surface area contributed by atoms with E-state index < -0.39 is 5.60 Å². The van der Waals surface area contributed by atoms with Gasteiger partial charge < -0.3 is 15.2 Å². The highest BCUT2D eigenvalue weighted by Crippen LogP contribution is 2.05. The molecule has 4 nitrogen and oxygen atoms in total. The number of methoxy groups -OCH3 is 1. The minimum absolute atomic E-state index is 0.0874. The van der Waals surface area contributed by atoms with E-state index in [-0.39, 0.29) is 5.91 Å². The molecular formula is C9H19NO3. The Bertz CT molecular complexity index is 157. The Morgan fingerprint density at radius 3 is 2.69 bits per heavy atom. The third kappa shape index (κ3) is 6.54. The summed E-state index contributed by atoms with van der Waals surface area (Å²) < 4.78 is 4.75. The molecule has 0 aliphatic rings. The molecule has 0 aliphatic heterocycles. The minimum Gasteiger partial charge on any atom is -0.388 e. The molecule has 0 rings (SSSR count). The monoisotopic (exact) mass is 189 g/mol. The molecule has 0 aromatic carbocycles. The Kier molecular flexibility index (Phi) is 5.66. The van der Waals surface area contributed by atoms with E-state index in [1.165, 1.54) is 0 Å². The highest BCUT2D eigenvalue weighted by Gasteiger charge is 2.17. The zero-order valence-electron chi connectivity index (χ0n) is 8.59. The van der Waals surface area contributed by atoms with Gasteiger partial charge >= 0.3 is 0 Å². The summed E-state index contributed by atoms with van der Waals surface area (Å²) in [6.45, 7) is 4.29. The van der Waals surface area contributed by atoms with Crippen molar-refractivity contribution in [2.75, 3.05) is 20.3 Å². The van der Waals surface area contributed by atoms with Gasteiger partial charge in [-0.15, -0.1) is 0 Å². The maximum absolute atomic E-state index is 11.1. The number of hydrogen-bond donors (Lipinski definition) is 2. The molecule has 0 saturated carbocycles. The lowest BCUT2D eigenvalue weighted by Gasteiger charge is -2.21. The van der Waals surface area contributed by atoms with Crippen LogP contribution in [0, 0.1) is 0 Å². The summed E-state index contributed by atoms with van der Waals surface area (Å²) in [7, 11) is 1.55. The van der Waals surface area contributed by atoms with E-state index in [1.54, 1.807) is 14.0 Å². The molecule has 1 unspecified atom stereocenters. The van der Waals surface area contributed by atoms with Crippen LogP contribution in [0.4, 0.5) is 0 Å². The first-order chi connectivity index (χ1) is 6.02. The number of carbonyl (C=O) groups excluding carboxylic acids is 1. The van der Waals surface area contributed by atoms with Gasteiger partial charge in [0.15, 0.2) is 0 Å². The van der Waals surface area contributed by atoms with E-state index in [4.69, 9.17) is 4.74 Å². The molecule has 0 bridgehead atoms. The molecule has 0 heterocycles. The van der Waals surface area contributed by atoms with Gasteiger partial charge in [0, 0.05) is 20.1 Å². The van der Waals surface area contributed by atoms with E-state index in [1.807, 2.05) is 6.92 Å². The number of aliphatic hydroxyl groups is 1. The highest BCUT2D eigenvalue weighted by molar-refractivity contribution is 5.76. The second-order valence-electron chi connectivity index (χ2n) is 3.37. The summed E-state index contributed by atoms with van der Waals surface area (Å²) in [5.74, 6) is -0.0874. The summed E-state index contributed by atoms with van der Waals surface area (Å²) in [6, 6.07) is 0. The summed E-state index contributed by atoms with van der Waals surface area (Å²) in [6.07, 6.45) is 0.966. The van der Waals surface area contributed by atoms with Crippen molar-refractivity contribution in [3.8, 4) is 0 Å². The van der Waals surface area contributed by atoms with Crippen LogP contribution in [0.1, 0.15) is 26.7 Å². The van der Waals surface area contributed by atoms with Crippen molar-refractivity contribution in [2.45, 2.75) is 32.3 Å². The van der Waals surface area contributed by atoms with E-state index in [0.717, 1.165) is 0 Å². The summed E-state index contributed by atoms with van der Waals surface area (Å²) in [5.41, 5.74) is -0.803. The highest BCUT2D eigenvalue weighted by atomic mass is 16.5. The van der Waals surface area contributed by atoms with Gasteiger partial charge in [0.25, 0.3) is 0 Å². The normalized spacial score (nSPS) is 15.1. The number of amides is 1. The zero-order chi connectivity index (χ0) is 10.3. The third-order valence-electron chi connectivity index (χ3n) is 1.96. The molecule has 0 fully saturated rings. The maximum Gasteiger partial charge on any atom is 0.222 e. The van der Waals surface area contributed by atoms with Gasteiger partial charge in [0.2, 0.25) is 5.91 Å².